The maximum atomic E-state index is 9.46. The zero-order valence-corrected chi connectivity index (χ0v) is 10.7. The number of aliphatic hydroxyl groups excluding tert-OH is 1. The third-order valence-corrected chi connectivity index (χ3v) is 2.90. The molecule has 1 aliphatic rings. The molecule has 1 atom stereocenters. The van der Waals surface area contributed by atoms with Crippen LogP contribution in [-0.4, -0.2) is 31.7 Å². The number of ether oxygens (including phenoxy) is 3. The molecule has 100 valence electrons. The van der Waals surface area contributed by atoms with E-state index in [2.05, 4.69) is 5.32 Å². The van der Waals surface area contributed by atoms with Gasteiger partial charge < -0.3 is 24.6 Å². The van der Waals surface area contributed by atoms with Gasteiger partial charge in [-0.05, 0) is 24.1 Å². The van der Waals surface area contributed by atoms with Crippen molar-refractivity contribution in [2.24, 2.45) is 0 Å². The minimum atomic E-state index is -0.305. The lowest BCUT2D eigenvalue weighted by molar-refractivity contribution is 0.167. The number of aliphatic hydroxyl groups is 1. The molecule has 0 saturated carbocycles. The fraction of sp³-hybridized carbons (Fsp3) is 0.538. The summed E-state index contributed by atoms with van der Waals surface area (Å²) in [7, 11) is 1.61. The van der Waals surface area contributed by atoms with Gasteiger partial charge in [-0.1, -0.05) is 6.92 Å². The maximum Gasteiger partial charge on any atom is 0.231 e. The molecule has 0 fully saturated rings. The second-order valence-electron chi connectivity index (χ2n) is 4.22. The third kappa shape index (κ3) is 2.86. The molecule has 0 aliphatic carbocycles. The molecule has 5 heteroatoms. The quantitative estimate of drug-likeness (QED) is 0.800. The Hall–Kier alpha value is -1.46. The zero-order chi connectivity index (χ0) is 13.0. The normalized spacial score (nSPS) is 14.6. The van der Waals surface area contributed by atoms with Crippen molar-refractivity contribution in [1.82, 2.24) is 5.32 Å². The molecular formula is C13H19NO4. The van der Waals surface area contributed by atoms with E-state index < -0.39 is 0 Å². The molecule has 18 heavy (non-hydrogen) atoms. The van der Waals surface area contributed by atoms with Gasteiger partial charge in [-0.25, -0.2) is 0 Å². The topological polar surface area (TPSA) is 60.0 Å². The third-order valence-electron chi connectivity index (χ3n) is 2.90. The first kappa shape index (κ1) is 13.0. The highest BCUT2D eigenvalue weighted by Crippen LogP contribution is 2.41. The van der Waals surface area contributed by atoms with Gasteiger partial charge in [-0.2, -0.15) is 0 Å². The molecule has 2 N–H and O–H groups in total. The van der Waals surface area contributed by atoms with Gasteiger partial charge in [0.2, 0.25) is 12.5 Å². The van der Waals surface area contributed by atoms with Crippen LogP contribution in [0, 0.1) is 0 Å². The second-order valence-corrected chi connectivity index (χ2v) is 4.22. The van der Waals surface area contributed by atoms with E-state index in [1.165, 1.54) is 0 Å². The fourth-order valence-corrected chi connectivity index (χ4v) is 1.81. The van der Waals surface area contributed by atoms with Crippen LogP contribution in [0.1, 0.15) is 18.9 Å². The molecule has 2 rings (SSSR count). The summed E-state index contributed by atoms with van der Waals surface area (Å²) in [5.41, 5.74) is 1.04. The minimum absolute atomic E-state index is 0.233. The lowest BCUT2D eigenvalue weighted by Crippen LogP contribution is -2.25. The summed E-state index contributed by atoms with van der Waals surface area (Å²) in [5.74, 6) is 2.05. The average Bonchev–Trinajstić information content (AvgIpc) is 2.85. The minimum Gasteiger partial charge on any atom is -0.493 e. The monoisotopic (exact) mass is 253 g/mol. The van der Waals surface area contributed by atoms with Crippen molar-refractivity contribution in [2.75, 3.05) is 20.4 Å². The predicted molar refractivity (Wildman–Crippen MR) is 67.1 cm³/mol. The molecule has 1 aromatic carbocycles. The van der Waals surface area contributed by atoms with Crippen molar-refractivity contribution in [3.8, 4) is 17.2 Å². The number of fused-ring (bicyclic) bond motifs is 1. The van der Waals surface area contributed by atoms with Crippen LogP contribution < -0.4 is 19.5 Å². The Labute approximate surface area is 107 Å². The fourth-order valence-electron chi connectivity index (χ4n) is 1.81. The van der Waals surface area contributed by atoms with Crippen LogP contribution in [0.2, 0.25) is 0 Å². The average molecular weight is 253 g/mol. The van der Waals surface area contributed by atoms with Crippen LogP contribution in [0.15, 0.2) is 12.1 Å². The zero-order valence-electron chi connectivity index (χ0n) is 10.7. The van der Waals surface area contributed by atoms with Gasteiger partial charge >= 0.3 is 0 Å². The van der Waals surface area contributed by atoms with Crippen molar-refractivity contribution < 1.29 is 19.3 Å². The lowest BCUT2D eigenvalue weighted by atomic mass is 10.1. The largest absolute Gasteiger partial charge is 0.493 e. The Bertz CT molecular complexity index is 408. The highest BCUT2D eigenvalue weighted by Gasteiger charge is 2.19. The van der Waals surface area contributed by atoms with Crippen LogP contribution in [0.25, 0.3) is 0 Å². The summed E-state index contributed by atoms with van der Waals surface area (Å²) in [6, 6.07) is 3.84. The number of nitrogens with one attached hydrogen (secondary N) is 1. The van der Waals surface area contributed by atoms with Crippen LogP contribution in [0.4, 0.5) is 0 Å². The van der Waals surface area contributed by atoms with E-state index in [9.17, 15) is 5.11 Å². The SMILES string of the molecule is CCC(O)CNCc1cc(OC)c2c(c1)OCO2. The summed E-state index contributed by atoms with van der Waals surface area (Å²) >= 11 is 0. The summed E-state index contributed by atoms with van der Waals surface area (Å²) in [4.78, 5) is 0. The van der Waals surface area contributed by atoms with Crippen molar-refractivity contribution in [3.05, 3.63) is 17.7 Å². The number of rotatable bonds is 6. The maximum absolute atomic E-state index is 9.46. The lowest BCUT2D eigenvalue weighted by Gasteiger charge is -2.11. The molecule has 1 unspecified atom stereocenters. The van der Waals surface area contributed by atoms with E-state index in [4.69, 9.17) is 14.2 Å². The van der Waals surface area contributed by atoms with Crippen molar-refractivity contribution in [3.63, 3.8) is 0 Å². The molecule has 0 aromatic heterocycles. The van der Waals surface area contributed by atoms with Crippen molar-refractivity contribution >= 4 is 0 Å². The molecule has 5 nitrogen and oxygen atoms in total. The van der Waals surface area contributed by atoms with E-state index in [0.717, 1.165) is 12.0 Å². The molecule has 1 heterocycles. The van der Waals surface area contributed by atoms with Gasteiger partial charge in [-0.15, -0.1) is 0 Å². The molecule has 0 saturated heterocycles. The van der Waals surface area contributed by atoms with Crippen molar-refractivity contribution in [1.29, 1.82) is 0 Å². The van der Waals surface area contributed by atoms with E-state index >= 15 is 0 Å². The van der Waals surface area contributed by atoms with Gasteiger partial charge in [0.15, 0.2) is 11.5 Å². The highest BCUT2D eigenvalue weighted by molar-refractivity contribution is 5.55. The number of benzene rings is 1. The first-order valence-corrected chi connectivity index (χ1v) is 6.10. The summed E-state index contributed by atoms with van der Waals surface area (Å²) in [5, 5.41) is 12.7. The molecule has 1 aromatic rings. The van der Waals surface area contributed by atoms with Crippen LogP contribution in [-0.2, 0) is 6.54 Å². The first-order valence-electron chi connectivity index (χ1n) is 6.10. The summed E-state index contributed by atoms with van der Waals surface area (Å²) < 4.78 is 15.9. The van der Waals surface area contributed by atoms with Crippen molar-refractivity contribution in [2.45, 2.75) is 26.0 Å². The first-order chi connectivity index (χ1) is 8.74. The standard InChI is InChI=1S/C13H19NO4/c1-3-10(15)7-14-6-9-4-11(16-2)13-12(5-9)17-8-18-13/h4-5,10,14-15H,3,6-8H2,1-2H3. The molecule has 0 bridgehead atoms. The Morgan fingerprint density at radius 3 is 3.00 bits per heavy atom. The second kappa shape index (κ2) is 5.93. The molecule has 0 radical (unpaired) electrons. The Kier molecular flexibility index (Phi) is 4.28. The van der Waals surface area contributed by atoms with E-state index in [-0.39, 0.29) is 12.9 Å². The number of hydrogen-bond donors (Lipinski definition) is 2. The molecule has 0 spiro atoms. The highest BCUT2D eigenvalue weighted by atomic mass is 16.7. The van der Waals surface area contributed by atoms with E-state index in [1.54, 1.807) is 7.11 Å². The van der Waals surface area contributed by atoms with Crippen LogP contribution in [0.5, 0.6) is 17.2 Å². The molecule has 1 aliphatic heterocycles. The summed E-state index contributed by atoms with van der Waals surface area (Å²) in [6.45, 7) is 3.42. The van der Waals surface area contributed by atoms with Gasteiger partial charge in [0.1, 0.15) is 0 Å². The predicted octanol–water partition coefficient (Wildman–Crippen LogP) is 1.28. The van der Waals surface area contributed by atoms with Gasteiger partial charge in [-0.3, -0.25) is 0 Å². The Morgan fingerprint density at radius 2 is 2.28 bits per heavy atom. The molecule has 0 amide bonds. The molecular weight excluding hydrogens is 234 g/mol. The van der Waals surface area contributed by atoms with Gasteiger partial charge in [0.05, 0.1) is 13.2 Å². The Morgan fingerprint density at radius 1 is 1.44 bits per heavy atom. The number of methoxy groups -OCH3 is 1. The summed E-state index contributed by atoms with van der Waals surface area (Å²) in [6.07, 6.45) is 0.443. The van der Waals surface area contributed by atoms with E-state index in [0.29, 0.717) is 30.3 Å². The van der Waals surface area contributed by atoms with Gasteiger partial charge in [0.25, 0.3) is 0 Å². The van der Waals surface area contributed by atoms with Crippen LogP contribution >= 0.6 is 0 Å². The number of hydrogen-bond acceptors (Lipinski definition) is 5. The Balaban J connectivity index is 2.01. The van der Waals surface area contributed by atoms with Crippen LogP contribution in [0.3, 0.4) is 0 Å². The smallest absolute Gasteiger partial charge is 0.231 e. The van der Waals surface area contributed by atoms with E-state index in [1.807, 2.05) is 19.1 Å². The van der Waals surface area contributed by atoms with Gasteiger partial charge in [0, 0.05) is 13.1 Å².